The minimum atomic E-state index is -1.01. The lowest BCUT2D eigenvalue weighted by Gasteiger charge is -2.12. The summed E-state index contributed by atoms with van der Waals surface area (Å²) in [6, 6.07) is 8.33. The second-order valence-electron chi connectivity index (χ2n) is 5.72. The highest BCUT2D eigenvalue weighted by Gasteiger charge is 2.54. The fourth-order valence-corrected chi connectivity index (χ4v) is 2.58. The number of nitrogens with one attached hydrogen (secondary N) is 1. The Hall–Kier alpha value is -2.96. The zero-order valence-electron chi connectivity index (χ0n) is 12.4. The van der Waals surface area contributed by atoms with Gasteiger partial charge in [-0.2, -0.15) is 0 Å². The number of hydrogen-bond donors (Lipinski definition) is 1. The van der Waals surface area contributed by atoms with E-state index in [0.717, 1.165) is 12.1 Å². The third kappa shape index (κ3) is 2.38. The predicted octanol–water partition coefficient (Wildman–Crippen LogP) is 3.88. The van der Waals surface area contributed by atoms with Crippen molar-refractivity contribution in [1.82, 2.24) is 5.16 Å². The molecule has 0 atom stereocenters. The molecule has 1 aliphatic rings. The topological polar surface area (TPSA) is 68.3 Å². The second kappa shape index (κ2) is 5.30. The Morgan fingerprint density at radius 3 is 2.62 bits per heavy atom. The van der Waals surface area contributed by atoms with Gasteiger partial charge in [-0.05, 0) is 37.1 Å². The first kappa shape index (κ1) is 14.6. The number of rotatable bonds is 4. The van der Waals surface area contributed by atoms with Crippen molar-refractivity contribution in [2.24, 2.45) is 0 Å². The van der Waals surface area contributed by atoms with Crippen LogP contribution in [0.3, 0.4) is 0 Å². The van der Waals surface area contributed by atoms with Gasteiger partial charge in [-0.1, -0.05) is 5.16 Å². The molecular weight excluding hydrogens is 318 g/mol. The molecule has 1 aromatic carbocycles. The third-order valence-corrected chi connectivity index (χ3v) is 4.13. The molecule has 1 N–H and O–H groups in total. The number of furan rings is 1. The Balaban J connectivity index is 1.56. The van der Waals surface area contributed by atoms with E-state index in [9.17, 15) is 13.6 Å². The first-order chi connectivity index (χ1) is 11.6. The number of carbonyl (C=O) groups is 1. The Morgan fingerprint density at radius 2 is 1.96 bits per heavy atom. The van der Waals surface area contributed by atoms with Crippen LogP contribution < -0.4 is 5.32 Å². The van der Waals surface area contributed by atoms with Crippen LogP contribution in [-0.4, -0.2) is 11.1 Å². The summed E-state index contributed by atoms with van der Waals surface area (Å²) in [5.41, 5.74) is -0.118. The number of carbonyl (C=O) groups excluding carboxylic acids is 1. The maximum Gasteiger partial charge on any atom is 0.236 e. The maximum atomic E-state index is 13.3. The lowest BCUT2D eigenvalue weighted by atomic mass is 10.0. The SMILES string of the molecule is O=C(Nc1ccc(F)c(F)c1)C1(c2cc(-c3ccco3)on2)CC1. The second-order valence-corrected chi connectivity index (χ2v) is 5.72. The average molecular weight is 330 g/mol. The third-order valence-electron chi connectivity index (χ3n) is 4.13. The monoisotopic (exact) mass is 330 g/mol. The van der Waals surface area contributed by atoms with E-state index in [0.29, 0.717) is 30.1 Å². The highest BCUT2D eigenvalue weighted by molar-refractivity contribution is 6.01. The molecule has 0 saturated heterocycles. The summed E-state index contributed by atoms with van der Waals surface area (Å²) in [7, 11) is 0. The molecule has 0 bridgehead atoms. The van der Waals surface area contributed by atoms with Crippen LogP contribution in [0.25, 0.3) is 11.5 Å². The zero-order valence-corrected chi connectivity index (χ0v) is 12.4. The van der Waals surface area contributed by atoms with Gasteiger partial charge in [0.1, 0.15) is 0 Å². The highest BCUT2D eigenvalue weighted by atomic mass is 19.2. The number of amides is 1. The van der Waals surface area contributed by atoms with E-state index in [1.807, 2.05) is 0 Å². The number of nitrogens with zero attached hydrogens (tertiary/aromatic N) is 1. The molecule has 5 nitrogen and oxygen atoms in total. The van der Waals surface area contributed by atoms with Gasteiger partial charge in [-0.25, -0.2) is 8.78 Å². The summed E-state index contributed by atoms with van der Waals surface area (Å²) in [6.07, 6.45) is 2.72. The van der Waals surface area contributed by atoms with Gasteiger partial charge in [0.05, 0.1) is 17.4 Å². The molecule has 2 heterocycles. The summed E-state index contributed by atoms with van der Waals surface area (Å²) in [5, 5.41) is 6.58. The lowest BCUT2D eigenvalue weighted by molar-refractivity contribution is -0.118. The first-order valence-corrected chi connectivity index (χ1v) is 7.36. The molecule has 0 spiro atoms. The van der Waals surface area contributed by atoms with Crippen molar-refractivity contribution in [3.05, 3.63) is 60.0 Å². The minimum Gasteiger partial charge on any atom is -0.461 e. The number of aromatic nitrogens is 1. The van der Waals surface area contributed by atoms with Crippen LogP contribution in [0.1, 0.15) is 18.5 Å². The molecule has 3 aromatic rings. The molecule has 2 aromatic heterocycles. The molecule has 1 saturated carbocycles. The van der Waals surface area contributed by atoms with E-state index in [2.05, 4.69) is 10.5 Å². The van der Waals surface area contributed by atoms with Gasteiger partial charge in [-0.15, -0.1) is 0 Å². The van der Waals surface area contributed by atoms with E-state index in [1.54, 1.807) is 18.2 Å². The average Bonchev–Trinajstić information content (AvgIpc) is 3.00. The largest absolute Gasteiger partial charge is 0.461 e. The number of hydrogen-bond acceptors (Lipinski definition) is 4. The molecule has 1 fully saturated rings. The first-order valence-electron chi connectivity index (χ1n) is 7.36. The Kier molecular flexibility index (Phi) is 3.23. The number of halogens is 2. The van der Waals surface area contributed by atoms with Crippen molar-refractivity contribution in [3.8, 4) is 11.5 Å². The van der Waals surface area contributed by atoms with Crippen molar-refractivity contribution < 1.29 is 22.5 Å². The van der Waals surface area contributed by atoms with Crippen molar-refractivity contribution in [1.29, 1.82) is 0 Å². The summed E-state index contributed by atoms with van der Waals surface area (Å²) in [6.45, 7) is 0. The van der Waals surface area contributed by atoms with E-state index in [-0.39, 0.29) is 11.6 Å². The molecule has 122 valence electrons. The van der Waals surface area contributed by atoms with E-state index in [1.165, 1.54) is 12.3 Å². The van der Waals surface area contributed by atoms with Gasteiger partial charge in [0.15, 0.2) is 17.4 Å². The van der Waals surface area contributed by atoms with Crippen LogP contribution in [0.5, 0.6) is 0 Å². The van der Waals surface area contributed by atoms with Crippen LogP contribution in [0.2, 0.25) is 0 Å². The Bertz CT molecular complexity index is 898. The van der Waals surface area contributed by atoms with Gasteiger partial charge in [0.2, 0.25) is 11.7 Å². The molecule has 1 amide bonds. The fourth-order valence-electron chi connectivity index (χ4n) is 2.58. The molecule has 1 aliphatic carbocycles. The predicted molar refractivity (Wildman–Crippen MR) is 80.1 cm³/mol. The van der Waals surface area contributed by atoms with Crippen LogP contribution in [0.15, 0.2) is 51.6 Å². The summed E-state index contributed by atoms with van der Waals surface area (Å²) in [4.78, 5) is 12.6. The normalized spacial score (nSPS) is 15.2. The van der Waals surface area contributed by atoms with Gasteiger partial charge in [-0.3, -0.25) is 4.79 Å². The Morgan fingerprint density at radius 1 is 1.12 bits per heavy atom. The number of benzene rings is 1. The summed E-state index contributed by atoms with van der Waals surface area (Å²) >= 11 is 0. The van der Waals surface area contributed by atoms with Gasteiger partial charge >= 0.3 is 0 Å². The summed E-state index contributed by atoms with van der Waals surface area (Å²) < 4.78 is 36.7. The Labute approximate surface area is 135 Å². The molecular formula is C17H12F2N2O3. The van der Waals surface area contributed by atoms with Crippen molar-refractivity contribution in [2.45, 2.75) is 18.3 Å². The minimum absolute atomic E-state index is 0.194. The fraction of sp³-hybridized carbons (Fsp3) is 0.176. The maximum absolute atomic E-state index is 13.3. The van der Waals surface area contributed by atoms with E-state index >= 15 is 0 Å². The van der Waals surface area contributed by atoms with Crippen molar-refractivity contribution >= 4 is 11.6 Å². The lowest BCUT2D eigenvalue weighted by Crippen LogP contribution is -2.28. The van der Waals surface area contributed by atoms with Crippen LogP contribution in [-0.2, 0) is 10.2 Å². The highest BCUT2D eigenvalue weighted by Crippen LogP contribution is 2.49. The molecule has 0 aliphatic heterocycles. The van der Waals surface area contributed by atoms with Crippen LogP contribution in [0, 0.1) is 11.6 Å². The molecule has 7 heteroatoms. The summed E-state index contributed by atoms with van der Waals surface area (Å²) in [5.74, 6) is -1.35. The standard InChI is InChI=1S/C17H12F2N2O3/c18-11-4-3-10(8-12(11)19)20-16(22)17(5-6-17)15-9-14(24-21-15)13-2-1-7-23-13/h1-4,7-9H,5-6H2,(H,20,22). The van der Waals surface area contributed by atoms with Gasteiger partial charge < -0.3 is 14.3 Å². The van der Waals surface area contributed by atoms with Crippen molar-refractivity contribution in [2.75, 3.05) is 5.32 Å². The molecule has 0 unspecified atom stereocenters. The van der Waals surface area contributed by atoms with Crippen LogP contribution >= 0.6 is 0 Å². The van der Waals surface area contributed by atoms with Gasteiger partial charge in [0.25, 0.3) is 0 Å². The molecule has 24 heavy (non-hydrogen) atoms. The van der Waals surface area contributed by atoms with Crippen LogP contribution in [0.4, 0.5) is 14.5 Å². The van der Waals surface area contributed by atoms with E-state index < -0.39 is 17.0 Å². The quantitative estimate of drug-likeness (QED) is 0.788. The molecule has 0 radical (unpaired) electrons. The zero-order chi connectivity index (χ0) is 16.7. The number of anilines is 1. The van der Waals surface area contributed by atoms with E-state index in [4.69, 9.17) is 8.94 Å². The van der Waals surface area contributed by atoms with Crippen molar-refractivity contribution in [3.63, 3.8) is 0 Å². The smallest absolute Gasteiger partial charge is 0.236 e. The molecule has 4 rings (SSSR count). The van der Waals surface area contributed by atoms with Gasteiger partial charge in [0, 0.05) is 17.8 Å².